The fraction of sp³-hybridized carbons (Fsp3) is 0.300. The van der Waals surface area contributed by atoms with Crippen molar-refractivity contribution in [3.8, 4) is 0 Å². The number of hydrogen-bond acceptors (Lipinski definition) is 4. The van der Waals surface area contributed by atoms with Crippen LogP contribution in [0.5, 0.6) is 0 Å². The second-order valence-corrected chi connectivity index (χ2v) is 3.76. The lowest BCUT2D eigenvalue weighted by atomic mass is 10.2. The quantitative estimate of drug-likeness (QED) is 0.747. The molecule has 1 atom stereocenters. The van der Waals surface area contributed by atoms with Crippen molar-refractivity contribution in [2.24, 2.45) is 0 Å². The summed E-state index contributed by atoms with van der Waals surface area (Å²) < 4.78 is 5.29. The van der Waals surface area contributed by atoms with E-state index >= 15 is 0 Å². The van der Waals surface area contributed by atoms with Gasteiger partial charge in [0, 0.05) is 12.2 Å². The van der Waals surface area contributed by atoms with Gasteiger partial charge in [-0.3, -0.25) is 5.32 Å². The van der Waals surface area contributed by atoms with Crippen molar-refractivity contribution in [3.05, 3.63) is 28.8 Å². The van der Waals surface area contributed by atoms with E-state index in [0.29, 0.717) is 6.61 Å². The predicted molar refractivity (Wildman–Crippen MR) is 59.8 cm³/mol. The zero-order valence-electron chi connectivity index (χ0n) is 8.37. The van der Waals surface area contributed by atoms with Gasteiger partial charge >= 0.3 is 5.97 Å². The number of carbonyl (C=O) groups is 1. The minimum absolute atomic E-state index is 0.0903. The van der Waals surface area contributed by atoms with E-state index in [2.05, 4.69) is 10.6 Å². The van der Waals surface area contributed by atoms with Gasteiger partial charge in [0.25, 0.3) is 0 Å². The molecule has 1 unspecified atom stereocenters. The molecule has 1 aliphatic rings. The number of rotatable bonds is 3. The lowest BCUT2D eigenvalue weighted by Crippen LogP contribution is -2.30. The summed E-state index contributed by atoms with van der Waals surface area (Å²) in [5, 5.41) is 15.1. The number of hydrogen-bond donors (Lipinski definition) is 3. The van der Waals surface area contributed by atoms with E-state index in [1.54, 1.807) is 12.1 Å². The van der Waals surface area contributed by atoms with E-state index in [0.717, 1.165) is 12.2 Å². The molecule has 1 heterocycles. The van der Waals surface area contributed by atoms with Crippen LogP contribution >= 0.6 is 11.6 Å². The third-order valence-corrected chi connectivity index (χ3v) is 2.53. The first-order chi connectivity index (χ1) is 7.66. The van der Waals surface area contributed by atoms with E-state index < -0.39 is 5.97 Å². The van der Waals surface area contributed by atoms with Gasteiger partial charge in [0.2, 0.25) is 0 Å². The van der Waals surface area contributed by atoms with Gasteiger partial charge in [-0.2, -0.15) is 0 Å². The highest BCUT2D eigenvalue weighted by molar-refractivity contribution is 6.33. The Labute approximate surface area is 97.4 Å². The topological polar surface area (TPSA) is 70.6 Å². The van der Waals surface area contributed by atoms with Crippen molar-refractivity contribution in [2.75, 3.05) is 18.5 Å². The summed E-state index contributed by atoms with van der Waals surface area (Å²) in [6.07, 6.45) is -0.244. The molecular formula is C10H11ClN2O3. The summed E-state index contributed by atoms with van der Waals surface area (Å²) in [7, 11) is 0. The lowest BCUT2D eigenvalue weighted by Gasteiger charge is -2.14. The smallest absolute Gasteiger partial charge is 0.337 e. The molecule has 6 heteroatoms. The Morgan fingerprint density at radius 1 is 1.62 bits per heavy atom. The maximum absolute atomic E-state index is 10.7. The summed E-state index contributed by atoms with van der Waals surface area (Å²) >= 11 is 5.83. The fourth-order valence-corrected chi connectivity index (χ4v) is 1.71. The number of aromatic carboxylic acids is 1. The molecule has 86 valence electrons. The Morgan fingerprint density at radius 3 is 3.00 bits per heavy atom. The molecule has 0 radical (unpaired) electrons. The summed E-state index contributed by atoms with van der Waals surface area (Å²) in [5.74, 6) is -1.04. The first-order valence-electron chi connectivity index (χ1n) is 4.81. The van der Waals surface area contributed by atoms with Crippen LogP contribution < -0.4 is 10.6 Å². The highest BCUT2D eigenvalue weighted by Gasteiger charge is 2.15. The third kappa shape index (κ3) is 2.44. The monoisotopic (exact) mass is 242 g/mol. The zero-order chi connectivity index (χ0) is 11.5. The van der Waals surface area contributed by atoms with Crippen LogP contribution in [0.25, 0.3) is 0 Å². The normalized spacial score (nSPS) is 19.7. The number of ether oxygens (including phenoxy) is 1. The molecule has 0 aliphatic carbocycles. The molecule has 0 saturated carbocycles. The van der Waals surface area contributed by atoms with Crippen molar-refractivity contribution < 1.29 is 14.6 Å². The number of nitrogens with one attached hydrogen (secondary N) is 2. The Morgan fingerprint density at radius 2 is 2.44 bits per heavy atom. The molecule has 1 aromatic rings. The molecule has 3 N–H and O–H groups in total. The van der Waals surface area contributed by atoms with E-state index in [-0.39, 0.29) is 16.9 Å². The molecule has 16 heavy (non-hydrogen) atoms. The van der Waals surface area contributed by atoms with Crippen molar-refractivity contribution in [3.63, 3.8) is 0 Å². The number of halogens is 1. The van der Waals surface area contributed by atoms with Gasteiger partial charge in [-0.1, -0.05) is 11.6 Å². The number of carboxylic acid groups (broad SMARTS) is 1. The van der Waals surface area contributed by atoms with Gasteiger partial charge in [-0.25, -0.2) is 4.79 Å². The largest absolute Gasteiger partial charge is 0.478 e. The highest BCUT2D eigenvalue weighted by atomic mass is 35.5. The summed E-state index contributed by atoms with van der Waals surface area (Å²) in [4.78, 5) is 10.7. The van der Waals surface area contributed by atoms with Crippen LogP contribution in [0.15, 0.2) is 18.2 Å². The third-order valence-electron chi connectivity index (χ3n) is 2.21. The van der Waals surface area contributed by atoms with Gasteiger partial charge in [0.1, 0.15) is 0 Å². The highest BCUT2D eigenvalue weighted by Crippen LogP contribution is 2.21. The van der Waals surface area contributed by atoms with E-state index in [1.807, 2.05) is 0 Å². The number of anilines is 1. The average molecular weight is 243 g/mol. The Hall–Kier alpha value is -1.30. The SMILES string of the molecule is O=C(O)c1ccc(NC2NCCO2)cc1Cl. The minimum Gasteiger partial charge on any atom is -0.478 e. The van der Waals surface area contributed by atoms with Crippen LogP contribution in [0.3, 0.4) is 0 Å². The van der Waals surface area contributed by atoms with Crippen molar-refractivity contribution >= 4 is 23.3 Å². The van der Waals surface area contributed by atoms with Crippen molar-refractivity contribution in [2.45, 2.75) is 6.35 Å². The molecule has 1 fully saturated rings. The molecule has 1 saturated heterocycles. The second kappa shape index (κ2) is 4.69. The van der Waals surface area contributed by atoms with E-state index in [4.69, 9.17) is 21.4 Å². The summed E-state index contributed by atoms with van der Waals surface area (Å²) in [6, 6.07) is 4.68. The number of carboxylic acids is 1. The van der Waals surface area contributed by atoms with Gasteiger partial charge in [-0.15, -0.1) is 0 Å². The number of benzene rings is 1. The van der Waals surface area contributed by atoms with Crippen LogP contribution in [0.4, 0.5) is 5.69 Å². The molecule has 0 amide bonds. The molecule has 0 spiro atoms. The predicted octanol–water partition coefficient (Wildman–Crippen LogP) is 1.35. The Balaban J connectivity index is 2.11. The lowest BCUT2D eigenvalue weighted by molar-refractivity contribution is 0.0697. The molecule has 1 aliphatic heterocycles. The van der Waals surface area contributed by atoms with Crippen molar-refractivity contribution in [1.82, 2.24) is 5.32 Å². The Kier molecular flexibility index (Phi) is 3.28. The summed E-state index contributed by atoms with van der Waals surface area (Å²) in [6.45, 7) is 1.44. The standard InChI is InChI=1S/C10H11ClN2O3/c11-8-5-6(1-2-7(8)9(14)15)13-10-12-3-4-16-10/h1-2,5,10,12-13H,3-4H2,(H,14,15). The van der Waals surface area contributed by atoms with Crippen LogP contribution in [0.2, 0.25) is 5.02 Å². The zero-order valence-corrected chi connectivity index (χ0v) is 9.12. The molecule has 0 aromatic heterocycles. The fourth-order valence-electron chi connectivity index (χ4n) is 1.45. The molecule has 2 rings (SSSR count). The second-order valence-electron chi connectivity index (χ2n) is 3.35. The van der Waals surface area contributed by atoms with Gasteiger partial charge in [0.05, 0.1) is 17.2 Å². The molecule has 5 nitrogen and oxygen atoms in total. The Bertz CT molecular complexity index is 405. The van der Waals surface area contributed by atoms with E-state index in [9.17, 15) is 4.79 Å². The first kappa shape index (κ1) is 11.2. The first-order valence-corrected chi connectivity index (χ1v) is 5.19. The maximum atomic E-state index is 10.7. The molecule has 0 bridgehead atoms. The van der Waals surface area contributed by atoms with Crippen LogP contribution in [0.1, 0.15) is 10.4 Å². The molecular weight excluding hydrogens is 232 g/mol. The van der Waals surface area contributed by atoms with Crippen LogP contribution in [-0.2, 0) is 4.74 Å². The molecule has 1 aromatic carbocycles. The van der Waals surface area contributed by atoms with Crippen molar-refractivity contribution in [1.29, 1.82) is 0 Å². The average Bonchev–Trinajstić information content (AvgIpc) is 2.70. The van der Waals surface area contributed by atoms with E-state index in [1.165, 1.54) is 6.07 Å². The van der Waals surface area contributed by atoms with Gasteiger partial charge in [0.15, 0.2) is 6.35 Å². The van der Waals surface area contributed by atoms with Crippen LogP contribution in [-0.4, -0.2) is 30.6 Å². The maximum Gasteiger partial charge on any atom is 0.337 e. The minimum atomic E-state index is -1.04. The van der Waals surface area contributed by atoms with Gasteiger partial charge < -0.3 is 15.2 Å². The van der Waals surface area contributed by atoms with Crippen LogP contribution in [0, 0.1) is 0 Å². The van der Waals surface area contributed by atoms with Gasteiger partial charge in [-0.05, 0) is 18.2 Å². The summed E-state index contributed by atoms with van der Waals surface area (Å²) in [5.41, 5.74) is 0.807.